The molecular weight excluding hydrogens is 190 g/mol. The van der Waals surface area contributed by atoms with E-state index in [1.807, 2.05) is 13.8 Å². The van der Waals surface area contributed by atoms with Gasteiger partial charge in [0.1, 0.15) is 0 Å². The minimum atomic E-state index is -0.381. The smallest absolute Gasteiger partial charge is 0.163 e. The van der Waals surface area contributed by atoms with Gasteiger partial charge in [-0.05, 0) is 32.6 Å². The van der Waals surface area contributed by atoms with Gasteiger partial charge in [-0.3, -0.25) is 0 Å². The standard InChI is InChI=1S/C12H23NO2/c1-9-5-4-6-11(9)13-7-10-8-14-12(2,3)15-10/h9-11,13H,4-8H2,1-3H3. The highest BCUT2D eigenvalue weighted by atomic mass is 16.7. The van der Waals surface area contributed by atoms with Gasteiger partial charge in [0.25, 0.3) is 0 Å². The normalized spacial score (nSPS) is 39.8. The summed E-state index contributed by atoms with van der Waals surface area (Å²) < 4.78 is 11.3. The lowest BCUT2D eigenvalue weighted by atomic mass is 10.1. The SMILES string of the molecule is CC1CCCC1NCC1COC(C)(C)O1. The molecular formula is C12H23NO2. The highest BCUT2D eigenvalue weighted by Gasteiger charge is 2.33. The predicted molar refractivity (Wildman–Crippen MR) is 59.7 cm³/mol. The van der Waals surface area contributed by atoms with Crippen molar-refractivity contribution in [3.63, 3.8) is 0 Å². The Hall–Kier alpha value is -0.120. The Morgan fingerprint density at radius 3 is 2.67 bits per heavy atom. The van der Waals surface area contributed by atoms with E-state index in [4.69, 9.17) is 9.47 Å². The van der Waals surface area contributed by atoms with Crippen LogP contribution in [0.25, 0.3) is 0 Å². The van der Waals surface area contributed by atoms with E-state index >= 15 is 0 Å². The lowest BCUT2D eigenvalue weighted by Crippen LogP contribution is -2.38. The van der Waals surface area contributed by atoms with Crippen LogP contribution in [0.4, 0.5) is 0 Å². The molecule has 0 amide bonds. The molecule has 1 aliphatic heterocycles. The summed E-state index contributed by atoms with van der Waals surface area (Å²) in [7, 11) is 0. The molecule has 2 fully saturated rings. The average molecular weight is 213 g/mol. The van der Waals surface area contributed by atoms with Crippen LogP contribution in [0.2, 0.25) is 0 Å². The highest BCUT2D eigenvalue weighted by Crippen LogP contribution is 2.26. The summed E-state index contributed by atoms with van der Waals surface area (Å²) in [5.41, 5.74) is 0. The van der Waals surface area contributed by atoms with Crippen LogP contribution in [0.15, 0.2) is 0 Å². The number of nitrogens with one attached hydrogen (secondary N) is 1. The first-order valence-electron chi connectivity index (χ1n) is 6.12. The van der Waals surface area contributed by atoms with Crippen LogP contribution in [0.1, 0.15) is 40.0 Å². The lowest BCUT2D eigenvalue weighted by Gasteiger charge is -2.21. The van der Waals surface area contributed by atoms with Gasteiger partial charge in [0.2, 0.25) is 0 Å². The molecule has 0 bridgehead atoms. The number of ether oxygens (including phenoxy) is 2. The molecule has 2 aliphatic rings. The minimum Gasteiger partial charge on any atom is -0.348 e. The van der Waals surface area contributed by atoms with Gasteiger partial charge in [0, 0.05) is 12.6 Å². The third kappa shape index (κ3) is 2.92. The van der Waals surface area contributed by atoms with Gasteiger partial charge >= 0.3 is 0 Å². The molecule has 1 N–H and O–H groups in total. The molecule has 0 aromatic heterocycles. The third-order valence-corrected chi connectivity index (χ3v) is 3.54. The Labute approximate surface area is 92.5 Å². The summed E-state index contributed by atoms with van der Waals surface area (Å²) in [6.07, 6.45) is 4.28. The van der Waals surface area contributed by atoms with Crippen molar-refractivity contribution in [3.8, 4) is 0 Å². The van der Waals surface area contributed by atoms with Crippen molar-refractivity contribution in [3.05, 3.63) is 0 Å². The molecule has 1 saturated heterocycles. The van der Waals surface area contributed by atoms with E-state index in [0.717, 1.165) is 19.1 Å². The first kappa shape index (κ1) is 11.4. The quantitative estimate of drug-likeness (QED) is 0.777. The van der Waals surface area contributed by atoms with E-state index < -0.39 is 0 Å². The fraction of sp³-hybridized carbons (Fsp3) is 1.00. The van der Waals surface area contributed by atoms with E-state index in [0.29, 0.717) is 6.04 Å². The largest absolute Gasteiger partial charge is 0.348 e. The zero-order chi connectivity index (χ0) is 10.9. The molecule has 3 unspecified atom stereocenters. The van der Waals surface area contributed by atoms with Gasteiger partial charge in [-0.25, -0.2) is 0 Å². The third-order valence-electron chi connectivity index (χ3n) is 3.54. The summed E-state index contributed by atoms with van der Waals surface area (Å²) in [5.74, 6) is 0.438. The molecule has 3 nitrogen and oxygen atoms in total. The van der Waals surface area contributed by atoms with Crippen LogP contribution in [0.5, 0.6) is 0 Å². The molecule has 0 radical (unpaired) electrons. The second-order valence-corrected chi connectivity index (χ2v) is 5.37. The van der Waals surface area contributed by atoms with Crippen LogP contribution < -0.4 is 5.32 Å². The second kappa shape index (κ2) is 4.40. The first-order chi connectivity index (χ1) is 7.07. The second-order valence-electron chi connectivity index (χ2n) is 5.37. The van der Waals surface area contributed by atoms with Crippen molar-refractivity contribution in [2.75, 3.05) is 13.2 Å². The number of hydrogen-bond acceptors (Lipinski definition) is 3. The van der Waals surface area contributed by atoms with E-state index in [1.165, 1.54) is 19.3 Å². The first-order valence-corrected chi connectivity index (χ1v) is 6.12. The van der Waals surface area contributed by atoms with Gasteiger partial charge in [-0.1, -0.05) is 13.3 Å². The van der Waals surface area contributed by atoms with Gasteiger partial charge in [0.15, 0.2) is 5.79 Å². The number of hydrogen-bond donors (Lipinski definition) is 1. The number of rotatable bonds is 3. The summed E-state index contributed by atoms with van der Waals surface area (Å²) >= 11 is 0. The summed E-state index contributed by atoms with van der Waals surface area (Å²) in [6, 6.07) is 0.692. The highest BCUT2D eigenvalue weighted by molar-refractivity contribution is 4.82. The monoisotopic (exact) mass is 213 g/mol. The van der Waals surface area contributed by atoms with Crippen LogP contribution in [0, 0.1) is 5.92 Å². The van der Waals surface area contributed by atoms with Crippen molar-refractivity contribution < 1.29 is 9.47 Å². The van der Waals surface area contributed by atoms with Crippen molar-refractivity contribution >= 4 is 0 Å². The molecule has 1 heterocycles. The van der Waals surface area contributed by atoms with Gasteiger partial charge in [-0.2, -0.15) is 0 Å². The maximum atomic E-state index is 5.76. The Morgan fingerprint density at radius 2 is 2.13 bits per heavy atom. The molecule has 3 atom stereocenters. The van der Waals surface area contributed by atoms with E-state index in [2.05, 4.69) is 12.2 Å². The molecule has 0 aromatic carbocycles. The van der Waals surface area contributed by atoms with Gasteiger partial charge in [-0.15, -0.1) is 0 Å². The molecule has 0 spiro atoms. The Bertz CT molecular complexity index is 218. The average Bonchev–Trinajstić information content (AvgIpc) is 2.69. The van der Waals surface area contributed by atoms with Gasteiger partial charge < -0.3 is 14.8 Å². The molecule has 1 aliphatic carbocycles. The Balaban J connectivity index is 1.70. The van der Waals surface area contributed by atoms with Crippen molar-refractivity contribution in [2.45, 2.75) is 58.0 Å². The molecule has 88 valence electrons. The topological polar surface area (TPSA) is 30.5 Å². The van der Waals surface area contributed by atoms with E-state index in [1.54, 1.807) is 0 Å². The lowest BCUT2D eigenvalue weighted by molar-refractivity contribution is -0.137. The van der Waals surface area contributed by atoms with Crippen LogP contribution in [-0.4, -0.2) is 31.1 Å². The van der Waals surface area contributed by atoms with Crippen LogP contribution in [0.3, 0.4) is 0 Å². The summed E-state index contributed by atoms with van der Waals surface area (Å²) in [4.78, 5) is 0. The van der Waals surface area contributed by atoms with E-state index in [-0.39, 0.29) is 11.9 Å². The fourth-order valence-electron chi connectivity index (χ4n) is 2.60. The maximum absolute atomic E-state index is 5.76. The molecule has 3 heteroatoms. The zero-order valence-electron chi connectivity index (χ0n) is 10.1. The molecule has 0 aromatic rings. The maximum Gasteiger partial charge on any atom is 0.163 e. The Kier molecular flexibility index (Phi) is 3.33. The van der Waals surface area contributed by atoms with E-state index in [9.17, 15) is 0 Å². The summed E-state index contributed by atoms with van der Waals surface area (Å²) in [6.45, 7) is 7.94. The molecule has 15 heavy (non-hydrogen) atoms. The van der Waals surface area contributed by atoms with Crippen molar-refractivity contribution in [1.82, 2.24) is 5.32 Å². The van der Waals surface area contributed by atoms with Crippen LogP contribution in [-0.2, 0) is 9.47 Å². The molecule has 2 rings (SSSR count). The predicted octanol–water partition coefficient (Wildman–Crippen LogP) is 1.92. The Morgan fingerprint density at radius 1 is 1.33 bits per heavy atom. The van der Waals surface area contributed by atoms with Crippen molar-refractivity contribution in [2.24, 2.45) is 5.92 Å². The van der Waals surface area contributed by atoms with Crippen molar-refractivity contribution in [1.29, 1.82) is 0 Å². The fourth-order valence-corrected chi connectivity index (χ4v) is 2.60. The zero-order valence-corrected chi connectivity index (χ0v) is 10.1. The summed E-state index contributed by atoms with van der Waals surface area (Å²) in [5, 5.41) is 3.61. The van der Waals surface area contributed by atoms with Crippen LogP contribution >= 0.6 is 0 Å². The minimum absolute atomic E-state index is 0.229. The van der Waals surface area contributed by atoms with Gasteiger partial charge in [0.05, 0.1) is 12.7 Å². The molecule has 1 saturated carbocycles.